The van der Waals surface area contributed by atoms with Gasteiger partial charge in [0.1, 0.15) is 0 Å². The van der Waals surface area contributed by atoms with Gasteiger partial charge in [0.05, 0.1) is 17.3 Å². The van der Waals surface area contributed by atoms with Crippen molar-refractivity contribution in [1.29, 1.82) is 0 Å². The first-order valence-electron chi connectivity index (χ1n) is 7.44. The van der Waals surface area contributed by atoms with E-state index in [-0.39, 0.29) is 11.8 Å². The Hall–Kier alpha value is -2.44. The lowest BCUT2D eigenvalue weighted by Gasteiger charge is -2.26. The summed E-state index contributed by atoms with van der Waals surface area (Å²) in [5.74, 6) is 0.420. The number of fused-ring (bicyclic) bond motifs is 1. The molecule has 0 radical (unpaired) electrons. The molecule has 2 aromatic rings. The third kappa shape index (κ3) is 2.04. The van der Waals surface area contributed by atoms with Crippen LogP contribution in [0.3, 0.4) is 0 Å². The predicted octanol–water partition coefficient (Wildman–Crippen LogP) is 1.03. The Morgan fingerprint density at radius 1 is 1.32 bits per heavy atom. The summed E-state index contributed by atoms with van der Waals surface area (Å²) < 4.78 is 1.78. The van der Waals surface area contributed by atoms with Crippen LogP contribution in [0.15, 0.2) is 24.5 Å². The minimum atomic E-state index is -0.665. The molecule has 0 spiro atoms. The molecule has 1 saturated heterocycles. The Bertz CT molecular complexity index is 728. The van der Waals surface area contributed by atoms with Crippen LogP contribution in [-0.4, -0.2) is 43.9 Å². The number of hydrogen-bond donors (Lipinski definition) is 1. The van der Waals surface area contributed by atoms with Gasteiger partial charge >= 0.3 is 5.97 Å². The number of anilines is 1. The predicted molar refractivity (Wildman–Crippen MR) is 79.2 cm³/mol. The highest BCUT2D eigenvalue weighted by atomic mass is 16.4. The van der Waals surface area contributed by atoms with Crippen molar-refractivity contribution < 1.29 is 9.90 Å². The fourth-order valence-corrected chi connectivity index (χ4v) is 3.55. The van der Waals surface area contributed by atoms with Crippen LogP contribution in [0.25, 0.3) is 11.4 Å². The maximum atomic E-state index is 11.2. The zero-order valence-electron chi connectivity index (χ0n) is 12.3. The second-order valence-electron chi connectivity index (χ2n) is 6.01. The van der Waals surface area contributed by atoms with Gasteiger partial charge in [0.15, 0.2) is 0 Å². The van der Waals surface area contributed by atoms with Gasteiger partial charge < -0.3 is 10.0 Å². The molecule has 0 unspecified atom stereocenters. The minimum Gasteiger partial charge on any atom is -0.481 e. The lowest BCUT2D eigenvalue weighted by molar-refractivity contribution is -0.139. The number of carboxylic acid groups (broad SMARTS) is 1. The summed E-state index contributed by atoms with van der Waals surface area (Å²) >= 11 is 0. The van der Waals surface area contributed by atoms with E-state index in [9.17, 15) is 9.90 Å². The number of aromatic nitrogens is 4. The molecule has 0 bridgehead atoms. The molecule has 0 aromatic carbocycles. The zero-order valence-corrected chi connectivity index (χ0v) is 12.3. The largest absolute Gasteiger partial charge is 0.481 e. The van der Waals surface area contributed by atoms with Crippen molar-refractivity contribution in [3.8, 4) is 11.4 Å². The number of rotatable bonds is 3. The van der Waals surface area contributed by atoms with E-state index >= 15 is 0 Å². The molecule has 3 heterocycles. The van der Waals surface area contributed by atoms with E-state index < -0.39 is 5.97 Å². The second-order valence-corrected chi connectivity index (χ2v) is 6.01. The number of aryl methyl sites for hydroxylation is 1. The highest BCUT2D eigenvalue weighted by Crippen LogP contribution is 2.51. The molecular formula is C15H17N5O2. The second kappa shape index (κ2) is 4.79. The molecule has 4 rings (SSSR count). The van der Waals surface area contributed by atoms with Gasteiger partial charge in [-0.25, -0.2) is 9.97 Å². The van der Waals surface area contributed by atoms with Gasteiger partial charge in [0.2, 0.25) is 5.95 Å². The van der Waals surface area contributed by atoms with E-state index in [1.165, 1.54) is 0 Å². The van der Waals surface area contributed by atoms with Gasteiger partial charge in [-0.2, -0.15) is 5.10 Å². The lowest BCUT2D eigenvalue weighted by Crippen LogP contribution is -2.32. The van der Waals surface area contributed by atoms with Crippen molar-refractivity contribution in [3.05, 3.63) is 24.5 Å². The van der Waals surface area contributed by atoms with Gasteiger partial charge in [-0.1, -0.05) is 0 Å². The normalized spacial score (nSPS) is 26.6. The van der Waals surface area contributed by atoms with E-state index in [4.69, 9.17) is 0 Å². The number of carbonyl (C=O) groups is 1. The third-order valence-corrected chi connectivity index (χ3v) is 4.79. The first kappa shape index (κ1) is 13.2. The Morgan fingerprint density at radius 2 is 2.18 bits per heavy atom. The number of hydrogen-bond acceptors (Lipinski definition) is 5. The van der Waals surface area contributed by atoms with E-state index in [0.29, 0.717) is 11.9 Å². The fraction of sp³-hybridized carbons (Fsp3) is 0.467. The molecular weight excluding hydrogens is 282 g/mol. The van der Waals surface area contributed by atoms with E-state index in [1.807, 2.05) is 19.2 Å². The van der Waals surface area contributed by atoms with Crippen molar-refractivity contribution >= 4 is 11.9 Å². The van der Waals surface area contributed by atoms with Gasteiger partial charge in [-0.05, 0) is 30.4 Å². The van der Waals surface area contributed by atoms with Crippen LogP contribution in [0, 0.1) is 17.8 Å². The summed E-state index contributed by atoms with van der Waals surface area (Å²) in [4.78, 5) is 22.3. The quantitative estimate of drug-likeness (QED) is 0.911. The summed E-state index contributed by atoms with van der Waals surface area (Å²) in [7, 11) is 1.88. The van der Waals surface area contributed by atoms with Crippen molar-refractivity contribution in [3.63, 3.8) is 0 Å². The van der Waals surface area contributed by atoms with Crippen molar-refractivity contribution in [2.24, 2.45) is 24.8 Å². The van der Waals surface area contributed by atoms with Crippen molar-refractivity contribution in [2.75, 3.05) is 18.0 Å². The molecule has 1 N–H and O–H groups in total. The molecule has 1 aliphatic carbocycles. The summed E-state index contributed by atoms with van der Waals surface area (Å²) in [5, 5.41) is 13.3. The van der Waals surface area contributed by atoms with Crippen LogP contribution in [0.2, 0.25) is 0 Å². The molecule has 114 valence electrons. The van der Waals surface area contributed by atoms with Gasteiger partial charge in [0, 0.05) is 32.5 Å². The van der Waals surface area contributed by atoms with Crippen LogP contribution in [0.1, 0.15) is 6.42 Å². The van der Waals surface area contributed by atoms with Gasteiger partial charge in [0.25, 0.3) is 0 Å². The van der Waals surface area contributed by atoms with Crippen LogP contribution in [-0.2, 0) is 11.8 Å². The third-order valence-electron chi connectivity index (χ3n) is 4.79. The molecule has 2 fully saturated rings. The lowest BCUT2D eigenvalue weighted by atomic mass is 10.1. The average molecular weight is 299 g/mol. The smallest absolute Gasteiger partial charge is 0.307 e. The average Bonchev–Trinajstić information content (AvgIpc) is 3.10. The van der Waals surface area contributed by atoms with Crippen molar-refractivity contribution in [2.45, 2.75) is 6.42 Å². The molecule has 2 aromatic heterocycles. The Kier molecular flexibility index (Phi) is 2.88. The Labute approximate surface area is 127 Å². The first-order valence-corrected chi connectivity index (χ1v) is 7.44. The fourth-order valence-electron chi connectivity index (χ4n) is 3.55. The molecule has 7 heteroatoms. The zero-order chi connectivity index (χ0) is 15.3. The summed E-state index contributed by atoms with van der Waals surface area (Å²) in [5.41, 5.74) is 1.77. The summed E-state index contributed by atoms with van der Waals surface area (Å²) in [6, 6.07) is 3.78. The minimum absolute atomic E-state index is 0.176. The molecule has 1 aliphatic heterocycles. The monoisotopic (exact) mass is 299 g/mol. The van der Waals surface area contributed by atoms with Crippen LogP contribution >= 0.6 is 0 Å². The molecule has 0 amide bonds. The highest BCUT2D eigenvalue weighted by molar-refractivity contribution is 5.74. The number of nitrogens with zero attached hydrogens (tertiary/aromatic N) is 5. The molecule has 2 aliphatic rings. The summed E-state index contributed by atoms with van der Waals surface area (Å²) in [6.07, 6.45) is 4.39. The first-order chi connectivity index (χ1) is 10.6. The molecule has 22 heavy (non-hydrogen) atoms. The molecule has 7 nitrogen and oxygen atoms in total. The molecule has 3 atom stereocenters. The van der Waals surface area contributed by atoms with E-state index in [2.05, 4.69) is 20.0 Å². The van der Waals surface area contributed by atoms with Crippen LogP contribution < -0.4 is 4.90 Å². The standard InChI is InChI=1S/C15H17N5O2/c1-19-12(3-6-17-19)11-2-5-16-15(18-11)20-7-4-9-10(8-20)13(9)14(21)22/h2-3,5-6,9-10,13H,4,7-8H2,1H3,(H,21,22)/t9-,10+,13-/m0/s1. The van der Waals surface area contributed by atoms with Gasteiger partial charge in [-0.15, -0.1) is 0 Å². The number of aliphatic carboxylic acids is 1. The summed E-state index contributed by atoms with van der Waals surface area (Å²) in [6.45, 7) is 1.55. The number of piperidine rings is 1. The number of carboxylic acids is 1. The highest BCUT2D eigenvalue weighted by Gasteiger charge is 2.57. The van der Waals surface area contributed by atoms with Gasteiger partial charge in [-0.3, -0.25) is 9.48 Å². The van der Waals surface area contributed by atoms with E-state index in [1.54, 1.807) is 17.1 Å². The topological polar surface area (TPSA) is 84.1 Å². The SMILES string of the molecule is Cn1nccc1-c1ccnc(N2CC[C@H]3[C@@H](C2)[C@H]3C(=O)O)n1. The molecule has 1 saturated carbocycles. The van der Waals surface area contributed by atoms with Crippen molar-refractivity contribution in [1.82, 2.24) is 19.7 Å². The van der Waals surface area contributed by atoms with E-state index in [0.717, 1.165) is 30.9 Å². The van der Waals surface area contributed by atoms with Crippen LogP contribution in [0.4, 0.5) is 5.95 Å². The van der Waals surface area contributed by atoms with Crippen LogP contribution in [0.5, 0.6) is 0 Å². The Balaban J connectivity index is 1.57. The Morgan fingerprint density at radius 3 is 2.91 bits per heavy atom. The maximum absolute atomic E-state index is 11.2. The maximum Gasteiger partial charge on any atom is 0.307 e.